The molecule has 3 aromatic rings. The Bertz CT molecular complexity index is 1630. The number of nitrogens with zero attached hydrogens (tertiary/aromatic N) is 2. The number of fused-ring (bicyclic) bond motifs is 1. The second-order valence-corrected chi connectivity index (χ2v) is 11.1. The number of rotatable bonds is 6. The quantitative estimate of drug-likeness (QED) is 0.188. The molecule has 1 aliphatic carbocycles. The van der Waals surface area contributed by atoms with Crippen molar-refractivity contribution in [2.24, 2.45) is 0 Å². The largest absolute Gasteiger partial charge is 0.478 e. The van der Waals surface area contributed by atoms with E-state index in [1.165, 1.54) is 29.2 Å². The summed E-state index contributed by atoms with van der Waals surface area (Å²) < 4.78 is 7.41. The summed E-state index contributed by atoms with van der Waals surface area (Å²) in [7, 11) is 0. The van der Waals surface area contributed by atoms with Crippen molar-refractivity contribution in [3.05, 3.63) is 74.4 Å². The van der Waals surface area contributed by atoms with Crippen LogP contribution in [0.4, 0.5) is 5.69 Å². The number of esters is 1. The van der Waals surface area contributed by atoms with Crippen molar-refractivity contribution in [3.8, 4) is 5.00 Å². The van der Waals surface area contributed by atoms with Gasteiger partial charge >= 0.3 is 11.9 Å². The van der Waals surface area contributed by atoms with Gasteiger partial charge in [0, 0.05) is 16.3 Å². The van der Waals surface area contributed by atoms with Crippen LogP contribution in [0.15, 0.2) is 35.9 Å². The van der Waals surface area contributed by atoms with E-state index < -0.39 is 17.8 Å². The molecule has 2 aromatic heterocycles. The summed E-state index contributed by atoms with van der Waals surface area (Å²) >= 11 is 6.84. The van der Waals surface area contributed by atoms with E-state index in [0.29, 0.717) is 11.1 Å². The first kappa shape index (κ1) is 27.5. The molecule has 0 spiro atoms. The van der Waals surface area contributed by atoms with E-state index in [4.69, 9.17) is 17.0 Å². The lowest BCUT2D eigenvalue weighted by Gasteiger charge is -2.29. The lowest BCUT2D eigenvalue weighted by molar-refractivity contribution is -0.122. The van der Waals surface area contributed by atoms with E-state index in [1.54, 1.807) is 24.3 Å². The van der Waals surface area contributed by atoms with E-state index in [-0.39, 0.29) is 34.5 Å². The van der Waals surface area contributed by atoms with Gasteiger partial charge in [-0.05, 0) is 100 Å². The molecule has 9 nitrogen and oxygen atoms in total. The third kappa shape index (κ3) is 4.75. The molecular weight excluding hydrogens is 550 g/mol. The van der Waals surface area contributed by atoms with Crippen LogP contribution in [0.3, 0.4) is 0 Å². The number of carboxylic acids is 1. The minimum absolute atomic E-state index is 0.0184. The Labute approximate surface area is 240 Å². The minimum Gasteiger partial charge on any atom is -0.478 e. The molecule has 0 unspecified atom stereocenters. The van der Waals surface area contributed by atoms with Gasteiger partial charge in [-0.15, -0.1) is 11.3 Å². The SMILES string of the molecule is CCOC(=O)c1c(-n2c(C)cc(C=C3C(=O)NC(=S)N(c4cccc(C(=O)O)c4)C3=O)c2C)sc2c1CCCC2. The Morgan fingerprint density at radius 1 is 1.18 bits per heavy atom. The molecule has 0 atom stereocenters. The molecule has 2 amide bonds. The average molecular weight is 578 g/mol. The molecular formula is C29H27N3O6S2. The molecule has 3 heterocycles. The number of benzene rings is 1. The number of thiophene rings is 1. The van der Waals surface area contributed by atoms with Gasteiger partial charge in [-0.1, -0.05) is 6.07 Å². The average Bonchev–Trinajstić information content (AvgIpc) is 3.42. The first-order valence-electron chi connectivity index (χ1n) is 12.9. The third-order valence-corrected chi connectivity index (χ3v) is 8.62. The minimum atomic E-state index is -1.15. The Balaban J connectivity index is 1.58. The number of anilines is 1. The fourth-order valence-electron chi connectivity index (χ4n) is 5.19. The maximum Gasteiger partial charge on any atom is 0.341 e. The Morgan fingerprint density at radius 3 is 2.65 bits per heavy atom. The van der Waals surface area contributed by atoms with E-state index in [0.717, 1.165) is 52.5 Å². The Morgan fingerprint density at radius 2 is 1.93 bits per heavy atom. The molecule has 2 N–H and O–H groups in total. The molecule has 1 saturated heterocycles. The smallest absolute Gasteiger partial charge is 0.341 e. The summed E-state index contributed by atoms with van der Waals surface area (Å²) in [5, 5.41) is 12.5. The highest BCUT2D eigenvalue weighted by atomic mass is 32.1. The summed E-state index contributed by atoms with van der Waals surface area (Å²) in [6.45, 7) is 5.84. The van der Waals surface area contributed by atoms with Gasteiger partial charge in [0.2, 0.25) is 0 Å². The molecule has 2 aliphatic rings. The maximum atomic E-state index is 13.5. The molecule has 1 aromatic carbocycles. The number of hydrogen-bond donors (Lipinski definition) is 2. The van der Waals surface area contributed by atoms with Gasteiger partial charge in [-0.25, -0.2) is 9.59 Å². The van der Waals surface area contributed by atoms with Crippen molar-refractivity contribution in [2.75, 3.05) is 11.5 Å². The second-order valence-electron chi connectivity index (χ2n) is 9.59. The van der Waals surface area contributed by atoms with Gasteiger partial charge in [-0.2, -0.15) is 0 Å². The third-order valence-electron chi connectivity index (χ3n) is 7.06. The van der Waals surface area contributed by atoms with Gasteiger partial charge in [0.25, 0.3) is 11.8 Å². The Kier molecular flexibility index (Phi) is 7.43. The van der Waals surface area contributed by atoms with Crippen molar-refractivity contribution in [1.82, 2.24) is 9.88 Å². The summed E-state index contributed by atoms with van der Waals surface area (Å²) in [5.41, 5.74) is 3.91. The van der Waals surface area contributed by atoms with Crippen LogP contribution in [-0.2, 0) is 27.2 Å². The van der Waals surface area contributed by atoms with Crippen LogP contribution in [0.25, 0.3) is 11.1 Å². The van der Waals surface area contributed by atoms with Crippen LogP contribution in [0.1, 0.15) is 67.9 Å². The number of aromatic carboxylic acids is 1. The van der Waals surface area contributed by atoms with Crippen molar-refractivity contribution >= 4 is 64.2 Å². The van der Waals surface area contributed by atoms with Crippen LogP contribution in [0, 0.1) is 13.8 Å². The number of aryl methyl sites for hydroxylation is 2. The predicted molar refractivity (Wildman–Crippen MR) is 155 cm³/mol. The number of ether oxygens (including phenoxy) is 1. The van der Waals surface area contributed by atoms with E-state index in [1.807, 2.05) is 24.5 Å². The van der Waals surface area contributed by atoms with Crippen LogP contribution in [0.2, 0.25) is 0 Å². The van der Waals surface area contributed by atoms with Gasteiger partial charge in [0.15, 0.2) is 5.11 Å². The standard InChI is InChI=1S/C29H27N3O6S2/c1-4-38-28(37)23-20-10-5-6-11-22(20)40-26(23)31-15(2)12-18(16(31)3)14-21-24(33)30-29(39)32(25(21)34)19-9-7-8-17(13-19)27(35)36/h7-9,12-14H,4-6,10-11H2,1-3H3,(H,35,36)(H,30,33,39). The fourth-order valence-corrected chi connectivity index (χ4v) is 6.96. The van der Waals surface area contributed by atoms with Gasteiger partial charge in [0.05, 0.1) is 23.4 Å². The summed E-state index contributed by atoms with van der Waals surface area (Å²) in [5.74, 6) is -2.81. The lowest BCUT2D eigenvalue weighted by Crippen LogP contribution is -2.54. The number of thiocarbonyl (C=S) groups is 1. The zero-order chi connectivity index (χ0) is 28.7. The second kappa shape index (κ2) is 10.8. The molecule has 0 saturated carbocycles. The number of carbonyl (C=O) groups excluding carboxylic acids is 3. The number of amides is 2. The van der Waals surface area contributed by atoms with Crippen LogP contribution in [-0.4, -0.2) is 45.1 Å². The number of carboxylic acid groups (broad SMARTS) is 1. The molecule has 206 valence electrons. The van der Waals surface area contributed by atoms with Crippen molar-refractivity contribution in [3.63, 3.8) is 0 Å². The molecule has 11 heteroatoms. The Hall–Kier alpha value is -4.09. The van der Waals surface area contributed by atoms with E-state index >= 15 is 0 Å². The highest BCUT2D eigenvalue weighted by molar-refractivity contribution is 7.80. The van der Waals surface area contributed by atoms with Crippen molar-refractivity contribution in [1.29, 1.82) is 0 Å². The summed E-state index contributed by atoms with van der Waals surface area (Å²) in [6, 6.07) is 7.64. The molecule has 1 aliphatic heterocycles. The number of hydrogen-bond acceptors (Lipinski definition) is 7. The zero-order valence-electron chi connectivity index (χ0n) is 22.2. The molecule has 0 radical (unpaired) electrons. The van der Waals surface area contributed by atoms with Gasteiger partial charge in [-0.3, -0.25) is 19.8 Å². The number of carbonyl (C=O) groups is 4. The monoisotopic (exact) mass is 577 g/mol. The topological polar surface area (TPSA) is 118 Å². The van der Waals surface area contributed by atoms with Gasteiger partial charge < -0.3 is 14.4 Å². The summed E-state index contributed by atoms with van der Waals surface area (Å²) in [4.78, 5) is 53.3. The van der Waals surface area contributed by atoms with Crippen molar-refractivity contribution < 1.29 is 29.0 Å². The molecule has 0 bridgehead atoms. The highest BCUT2D eigenvalue weighted by Crippen LogP contribution is 2.39. The number of nitrogens with one attached hydrogen (secondary N) is 1. The first-order valence-corrected chi connectivity index (χ1v) is 14.1. The maximum absolute atomic E-state index is 13.5. The zero-order valence-corrected chi connectivity index (χ0v) is 23.8. The van der Waals surface area contributed by atoms with Crippen molar-refractivity contribution in [2.45, 2.75) is 46.5 Å². The molecule has 1 fully saturated rings. The molecule has 40 heavy (non-hydrogen) atoms. The highest BCUT2D eigenvalue weighted by Gasteiger charge is 2.35. The van der Waals surface area contributed by atoms with E-state index in [9.17, 15) is 24.3 Å². The summed E-state index contributed by atoms with van der Waals surface area (Å²) in [6.07, 6.45) is 5.33. The van der Waals surface area contributed by atoms with Gasteiger partial charge in [0.1, 0.15) is 10.6 Å². The molecule has 5 rings (SSSR count). The lowest BCUT2D eigenvalue weighted by atomic mass is 9.95. The fraction of sp³-hybridized carbons (Fsp3) is 0.276. The van der Waals surface area contributed by atoms with E-state index in [2.05, 4.69) is 5.32 Å². The van der Waals surface area contributed by atoms with Crippen LogP contribution < -0.4 is 10.2 Å². The van der Waals surface area contributed by atoms with Crippen LogP contribution in [0.5, 0.6) is 0 Å². The predicted octanol–water partition coefficient (Wildman–Crippen LogP) is 4.74. The first-order chi connectivity index (χ1) is 19.1. The normalized spacial score (nSPS) is 16.2. The van der Waals surface area contributed by atoms with Crippen LogP contribution >= 0.6 is 23.6 Å². The number of aromatic nitrogens is 1.